The maximum absolute atomic E-state index is 8.83. The van der Waals surface area contributed by atoms with Gasteiger partial charge in [-0.3, -0.25) is 0 Å². The third kappa shape index (κ3) is 3.48. The molecular formula is C16H19N5. The maximum Gasteiger partial charge on any atom is 0.139 e. The van der Waals surface area contributed by atoms with Gasteiger partial charge in [-0.25, -0.2) is 9.97 Å². The summed E-state index contributed by atoms with van der Waals surface area (Å²) >= 11 is 0. The van der Waals surface area contributed by atoms with Crippen LogP contribution in [-0.4, -0.2) is 17.0 Å². The van der Waals surface area contributed by atoms with Gasteiger partial charge in [-0.2, -0.15) is 5.26 Å². The number of aryl methyl sites for hydroxylation is 1. The molecule has 2 rings (SSSR count). The number of hydrogen-bond donors (Lipinski definition) is 2. The lowest BCUT2D eigenvalue weighted by Gasteiger charge is -2.13. The normalized spacial score (nSPS) is 10.0. The molecule has 0 aliphatic heterocycles. The fraction of sp³-hybridized carbons (Fsp3) is 0.312. The van der Waals surface area contributed by atoms with E-state index in [1.54, 1.807) is 12.1 Å². The van der Waals surface area contributed by atoms with Crippen LogP contribution in [0, 0.1) is 18.3 Å². The van der Waals surface area contributed by atoms with Gasteiger partial charge in [-0.1, -0.05) is 6.92 Å². The van der Waals surface area contributed by atoms with Gasteiger partial charge in [0.05, 0.1) is 11.6 Å². The summed E-state index contributed by atoms with van der Waals surface area (Å²) < 4.78 is 0. The predicted molar refractivity (Wildman–Crippen MR) is 84.8 cm³/mol. The van der Waals surface area contributed by atoms with Crippen LogP contribution in [0.2, 0.25) is 0 Å². The lowest BCUT2D eigenvalue weighted by atomic mass is 10.2. The lowest BCUT2D eigenvalue weighted by Crippen LogP contribution is -2.07. The van der Waals surface area contributed by atoms with Crippen molar-refractivity contribution in [1.29, 1.82) is 5.26 Å². The lowest BCUT2D eigenvalue weighted by molar-refractivity contribution is 0.835. The number of rotatable bonds is 5. The molecule has 1 heterocycles. The Morgan fingerprint density at radius 3 is 2.38 bits per heavy atom. The van der Waals surface area contributed by atoms with Gasteiger partial charge >= 0.3 is 0 Å². The van der Waals surface area contributed by atoms with Crippen molar-refractivity contribution in [3.05, 3.63) is 41.2 Å². The number of hydrogen-bond acceptors (Lipinski definition) is 5. The van der Waals surface area contributed by atoms with Crippen molar-refractivity contribution in [3.8, 4) is 6.07 Å². The molecule has 0 aliphatic carbocycles. The van der Waals surface area contributed by atoms with E-state index in [9.17, 15) is 0 Å². The first-order chi connectivity index (χ1) is 10.2. The zero-order valence-corrected chi connectivity index (χ0v) is 12.6. The van der Waals surface area contributed by atoms with Gasteiger partial charge < -0.3 is 10.6 Å². The highest BCUT2D eigenvalue weighted by Gasteiger charge is 2.10. The zero-order valence-electron chi connectivity index (χ0n) is 12.6. The Balaban J connectivity index is 2.33. The van der Waals surface area contributed by atoms with Crippen LogP contribution in [0.15, 0.2) is 24.3 Å². The summed E-state index contributed by atoms with van der Waals surface area (Å²) in [4.78, 5) is 9.09. The van der Waals surface area contributed by atoms with Gasteiger partial charge in [0.25, 0.3) is 0 Å². The molecule has 0 atom stereocenters. The summed E-state index contributed by atoms with van der Waals surface area (Å²) in [5.41, 5.74) is 2.52. The number of nitrogens with zero attached hydrogens (tertiary/aromatic N) is 3. The van der Waals surface area contributed by atoms with E-state index in [1.165, 1.54) is 0 Å². The Morgan fingerprint density at radius 2 is 1.81 bits per heavy atom. The fourth-order valence-corrected chi connectivity index (χ4v) is 2.03. The van der Waals surface area contributed by atoms with E-state index in [-0.39, 0.29) is 0 Å². The molecule has 1 aromatic heterocycles. The summed E-state index contributed by atoms with van der Waals surface area (Å²) in [6.07, 6.45) is 1.85. The van der Waals surface area contributed by atoms with Gasteiger partial charge in [0.15, 0.2) is 0 Å². The average Bonchev–Trinajstić information content (AvgIpc) is 2.51. The quantitative estimate of drug-likeness (QED) is 0.878. The largest absolute Gasteiger partial charge is 0.373 e. The molecule has 0 radical (unpaired) electrons. The van der Waals surface area contributed by atoms with Crippen LogP contribution < -0.4 is 10.6 Å². The number of nitrogens with one attached hydrogen (secondary N) is 2. The Kier molecular flexibility index (Phi) is 4.72. The van der Waals surface area contributed by atoms with Crippen molar-refractivity contribution in [2.24, 2.45) is 0 Å². The monoisotopic (exact) mass is 281 g/mol. The first kappa shape index (κ1) is 14.8. The molecule has 108 valence electrons. The van der Waals surface area contributed by atoms with E-state index in [0.29, 0.717) is 5.56 Å². The van der Waals surface area contributed by atoms with E-state index >= 15 is 0 Å². The van der Waals surface area contributed by atoms with Crippen molar-refractivity contribution >= 4 is 17.3 Å². The first-order valence-electron chi connectivity index (χ1n) is 7.00. The minimum Gasteiger partial charge on any atom is -0.373 e. The highest BCUT2D eigenvalue weighted by molar-refractivity contribution is 5.65. The molecule has 2 N–H and O–H groups in total. The van der Waals surface area contributed by atoms with Crippen LogP contribution in [0.4, 0.5) is 17.3 Å². The molecule has 0 fully saturated rings. The Labute approximate surface area is 125 Å². The SMILES string of the molecule is CCCc1nc(NC)c(C)c(Nc2ccc(C#N)cc2)n1. The topological polar surface area (TPSA) is 73.6 Å². The van der Waals surface area contributed by atoms with Crippen molar-refractivity contribution in [2.45, 2.75) is 26.7 Å². The minimum absolute atomic E-state index is 0.641. The van der Waals surface area contributed by atoms with Gasteiger partial charge in [0, 0.05) is 24.7 Å². The molecule has 0 unspecified atom stereocenters. The maximum atomic E-state index is 8.83. The molecule has 21 heavy (non-hydrogen) atoms. The number of anilines is 3. The van der Waals surface area contributed by atoms with Gasteiger partial charge in [0.1, 0.15) is 17.5 Å². The minimum atomic E-state index is 0.641. The molecule has 5 nitrogen and oxygen atoms in total. The molecule has 0 bridgehead atoms. The highest BCUT2D eigenvalue weighted by Crippen LogP contribution is 2.24. The van der Waals surface area contributed by atoms with Crippen molar-refractivity contribution in [1.82, 2.24) is 9.97 Å². The van der Waals surface area contributed by atoms with Crippen molar-refractivity contribution in [3.63, 3.8) is 0 Å². The zero-order chi connectivity index (χ0) is 15.2. The second-order valence-electron chi connectivity index (χ2n) is 4.78. The van der Waals surface area contributed by atoms with E-state index in [0.717, 1.165) is 41.6 Å². The molecule has 0 amide bonds. The van der Waals surface area contributed by atoms with Gasteiger partial charge in [-0.15, -0.1) is 0 Å². The van der Waals surface area contributed by atoms with E-state index < -0.39 is 0 Å². The summed E-state index contributed by atoms with van der Waals surface area (Å²) in [7, 11) is 1.86. The number of benzene rings is 1. The van der Waals surface area contributed by atoms with Crippen LogP contribution >= 0.6 is 0 Å². The van der Waals surface area contributed by atoms with Gasteiger partial charge in [-0.05, 0) is 37.6 Å². The smallest absolute Gasteiger partial charge is 0.139 e. The van der Waals surface area contributed by atoms with E-state index in [4.69, 9.17) is 5.26 Å². The molecular weight excluding hydrogens is 262 g/mol. The highest BCUT2D eigenvalue weighted by atomic mass is 15.1. The van der Waals surface area contributed by atoms with Crippen LogP contribution in [0.3, 0.4) is 0 Å². The second kappa shape index (κ2) is 6.71. The third-order valence-electron chi connectivity index (χ3n) is 3.18. The predicted octanol–water partition coefficient (Wildman–Crippen LogP) is 3.39. The number of aromatic nitrogens is 2. The second-order valence-corrected chi connectivity index (χ2v) is 4.78. The molecule has 2 aromatic rings. The summed E-state index contributed by atoms with van der Waals surface area (Å²) in [5, 5.41) is 15.2. The Bertz CT molecular complexity index is 656. The summed E-state index contributed by atoms with van der Waals surface area (Å²) in [5.74, 6) is 2.45. The molecule has 0 saturated carbocycles. The fourth-order valence-electron chi connectivity index (χ4n) is 2.03. The van der Waals surface area contributed by atoms with Gasteiger partial charge in [0.2, 0.25) is 0 Å². The van der Waals surface area contributed by atoms with E-state index in [1.807, 2.05) is 26.1 Å². The van der Waals surface area contributed by atoms with Crippen LogP contribution in [0.1, 0.15) is 30.3 Å². The van der Waals surface area contributed by atoms with Crippen molar-refractivity contribution < 1.29 is 0 Å². The Morgan fingerprint density at radius 1 is 1.14 bits per heavy atom. The standard InChI is InChI=1S/C16H19N5/c1-4-5-14-20-15(18-3)11(2)16(21-14)19-13-8-6-12(10-17)7-9-13/h6-9H,4-5H2,1-3H3,(H2,18,19,20,21). The molecule has 5 heteroatoms. The average molecular weight is 281 g/mol. The third-order valence-corrected chi connectivity index (χ3v) is 3.18. The molecule has 0 aliphatic rings. The summed E-state index contributed by atoms with van der Waals surface area (Å²) in [6.45, 7) is 4.09. The van der Waals surface area contributed by atoms with Crippen LogP contribution in [-0.2, 0) is 6.42 Å². The Hall–Kier alpha value is -2.61. The van der Waals surface area contributed by atoms with Crippen molar-refractivity contribution in [2.75, 3.05) is 17.7 Å². The summed E-state index contributed by atoms with van der Waals surface area (Å²) in [6, 6.07) is 9.42. The molecule has 0 spiro atoms. The molecule has 0 saturated heterocycles. The number of nitriles is 1. The molecule has 1 aromatic carbocycles. The van der Waals surface area contributed by atoms with Crippen LogP contribution in [0.25, 0.3) is 0 Å². The van der Waals surface area contributed by atoms with E-state index in [2.05, 4.69) is 33.6 Å². The first-order valence-corrected chi connectivity index (χ1v) is 7.00. The van der Waals surface area contributed by atoms with Crippen LogP contribution in [0.5, 0.6) is 0 Å².